The van der Waals surface area contributed by atoms with E-state index in [2.05, 4.69) is 23.7 Å². The zero-order valence-electron chi connectivity index (χ0n) is 9.24. The van der Waals surface area contributed by atoms with E-state index in [0.717, 1.165) is 30.1 Å². The Morgan fingerprint density at radius 3 is 3.00 bits per heavy atom. The molecule has 1 aromatic rings. The first-order valence-corrected chi connectivity index (χ1v) is 6.81. The number of aromatic nitrogens is 1. The average Bonchev–Trinajstić information content (AvgIpc) is 2.86. The molecular weight excluding hydrogens is 228 g/mol. The van der Waals surface area contributed by atoms with Crippen molar-refractivity contribution in [2.45, 2.75) is 26.1 Å². The minimum absolute atomic E-state index is 0.582. The van der Waals surface area contributed by atoms with Crippen LogP contribution in [0.2, 0.25) is 0 Å². The molecule has 2 heterocycles. The van der Waals surface area contributed by atoms with Gasteiger partial charge in [0.25, 0.3) is 0 Å². The predicted molar refractivity (Wildman–Crippen MR) is 66.8 cm³/mol. The molecule has 0 aromatic carbocycles. The second-order valence-corrected chi connectivity index (χ2v) is 5.84. The number of alkyl halides is 1. The van der Waals surface area contributed by atoms with Gasteiger partial charge in [-0.3, -0.25) is 0 Å². The van der Waals surface area contributed by atoms with E-state index in [0.29, 0.717) is 5.88 Å². The van der Waals surface area contributed by atoms with E-state index in [9.17, 15) is 0 Å². The van der Waals surface area contributed by atoms with Gasteiger partial charge < -0.3 is 4.90 Å². The van der Waals surface area contributed by atoms with Crippen LogP contribution in [0.15, 0.2) is 6.20 Å². The van der Waals surface area contributed by atoms with E-state index in [1.54, 1.807) is 11.3 Å². The van der Waals surface area contributed by atoms with Gasteiger partial charge in [0.15, 0.2) is 5.13 Å². The van der Waals surface area contributed by atoms with E-state index >= 15 is 0 Å². The zero-order valence-corrected chi connectivity index (χ0v) is 10.8. The molecule has 1 aliphatic heterocycles. The SMILES string of the molecule is CC(C)C1CCN(c2ncc(CCl)s2)C1. The number of thiazole rings is 1. The summed E-state index contributed by atoms with van der Waals surface area (Å²) in [5.74, 6) is 2.19. The van der Waals surface area contributed by atoms with E-state index in [1.807, 2.05) is 6.20 Å². The summed E-state index contributed by atoms with van der Waals surface area (Å²) in [5, 5.41) is 1.15. The lowest BCUT2D eigenvalue weighted by Gasteiger charge is -2.16. The highest BCUT2D eigenvalue weighted by Crippen LogP contribution is 2.31. The van der Waals surface area contributed by atoms with Crippen molar-refractivity contribution in [3.8, 4) is 0 Å². The van der Waals surface area contributed by atoms with Gasteiger partial charge in [-0.2, -0.15) is 0 Å². The number of rotatable bonds is 3. The van der Waals surface area contributed by atoms with Gasteiger partial charge in [0.2, 0.25) is 0 Å². The van der Waals surface area contributed by atoms with Gasteiger partial charge in [0.05, 0.1) is 5.88 Å². The van der Waals surface area contributed by atoms with E-state index < -0.39 is 0 Å². The maximum atomic E-state index is 5.78. The molecule has 1 unspecified atom stereocenters. The smallest absolute Gasteiger partial charge is 0.185 e. The maximum Gasteiger partial charge on any atom is 0.185 e. The fourth-order valence-corrected chi connectivity index (χ4v) is 3.04. The Bertz CT molecular complexity index is 324. The van der Waals surface area contributed by atoms with Gasteiger partial charge in [0, 0.05) is 24.2 Å². The number of nitrogens with zero attached hydrogens (tertiary/aromatic N) is 2. The topological polar surface area (TPSA) is 16.1 Å². The third-order valence-electron chi connectivity index (χ3n) is 3.11. The highest BCUT2D eigenvalue weighted by atomic mass is 35.5. The van der Waals surface area contributed by atoms with Crippen molar-refractivity contribution < 1.29 is 0 Å². The van der Waals surface area contributed by atoms with Crippen LogP contribution in [-0.4, -0.2) is 18.1 Å². The molecule has 1 saturated heterocycles. The second-order valence-electron chi connectivity index (χ2n) is 4.48. The molecule has 84 valence electrons. The second kappa shape index (κ2) is 4.71. The fourth-order valence-electron chi connectivity index (χ4n) is 2.01. The van der Waals surface area contributed by atoms with Crippen molar-refractivity contribution in [1.82, 2.24) is 4.98 Å². The summed E-state index contributed by atoms with van der Waals surface area (Å²) in [5.41, 5.74) is 0. The van der Waals surface area contributed by atoms with Crippen molar-refractivity contribution in [2.75, 3.05) is 18.0 Å². The standard InChI is InChI=1S/C11H17ClN2S/c1-8(2)9-3-4-14(7-9)11-13-6-10(5-12)15-11/h6,8-9H,3-5,7H2,1-2H3. The fraction of sp³-hybridized carbons (Fsp3) is 0.727. The Balaban J connectivity index is 2.01. The largest absolute Gasteiger partial charge is 0.348 e. The van der Waals surface area contributed by atoms with Crippen molar-refractivity contribution in [3.63, 3.8) is 0 Å². The molecule has 15 heavy (non-hydrogen) atoms. The molecular formula is C11H17ClN2S. The van der Waals surface area contributed by atoms with Crippen molar-refractivity contribution in [3.05, 3.63) is 11.1 Å². The highest BCUT2D eigenvalue weighted by Gasteiger charge is 2.26. The van der Waals surface area contributed by atoms with Gasteiger partial charge in [-0.05, 0) is 18.3 Å². The summed E-state index contributed by atoms with van der Waals surface area (Å²) in [7, 11) is 0. The van der Waals surface area contributed by atoms with Crippen molar-refractivity contribution in [2.24, 2.45) is 11.8 Å². The minimum atomic E-state index is 0.582. The number of hydrogen-bond acceptors (Lipinski definition) is 3. The van der Waals surface area contributed by atoms with Crippen LogP contribution in [0.1, 0.15) is 25.1 Å². The summed E-state index contributed by atoms with van der Waals surface area (Å²) in [6, 6.07) is 0. The summed E-state index contributed by atoms with van der Waals surface area (Å²) in [6.45, 7) is 6.92. The number of anilines is 1. The van der Waals surface area contributed by atoms with E-state index in [-0.39, 0.29) is 0 Å². The third kappa shape index (κ3) is 2.45. The Kier molecular flexibility index (Phi) is 3.52. The Hall–Kier alpha value is -0.280. The normalized spacial score (nSPS) is 21.6. The number of hydrogen-bond donors (Lipinski definition) is 0. The summed E-state index contributed by atoms with van der Waals surface area (Å²) >= 11 is 7.50. The molecule has 0 aliphatic carbocycles. The Morgan fingerprint density at radius 1 is 1.67 bits per heavy atom. The maximum absolute atomic E-state index is 5.78. The molecule has 2 rings (SSSR count). The first-order valence-electron chi connectivity index (χ1n) is 5.46. The summed E-state index contributed by atoms with van der Waals surface area (Å²) in [4.78, 5) is 7.98. The lowest BCUT2D eigenvalue weighted by atomic mass is 9.95. The van der Waals surface area contributed by atoms with Crippen LogP contribution in [-0.2, 0) is 5.88 Å². The molecule has 4 heteroatoms. The minimum Gasteiger partial charge on any atom is -0.348 e. The van der Waals surface area contributed by atoms with Gasteiger partial charge >= 0.3 is 0 Å². The molecule has 1 aromatic heterocycles. The van der Waals surface area contributed by atoms with Gasteiger partial charge in [-0.25, -0.2) is 4.98 Å². The molecule has 1 aliphatic rings. The predicted octanol–water partition coefficient (Wildman–Crippen LogP) is 3.36. The quantitative estimate of drug-likeness (QED) is 0.758. The van der Waals surface area contributed by atoms with E-state index in [1.165, 1.54) is 11.3 Å². The van der Waals surface area contributed by atoms with Crippen molar-refractivity contribution >= 4 is 28.1 Å². The van der Waals surface area contributed by atoms with Crippen LogP contribution in [0, 0.1) is 11.8 Å². The monoisotopic (exact) mass is 244 g/mol. The molecule has 0 bridgehead atoms. The summed E-state index contributed by atoms with van der Waals surface area (Å²) < 4.78 is 0. The highest BCUT2D eigenvalue weighted by molar-refractivity contribution is 7.15. The molecule has 2 nitrogen and oxygen atoms in total. The van der Waals surface area contributed by atoms with Crippen LogP contribution in [0.4, 0.5) is 5.13 Å². The summed E-state index contributed by atoms with van der Waals surface area (Å²) in [6.07, 6.45) is 3.20. The van der Waals surface area contributed by atoms with Crippen LogP contribution in [0.5, 0.6) is 0 Å². The van der Waals surface area contributed by atoms with Gasteiger partial charge in [-0.1, -0.05) is 13.8 Å². The molecule has 1 fully saturated rings. The third-order valence-corrected chi connectivity index (χ3v) is 4.62. The van der Waals surface area contributed by atoms with Gasteiger partial charge in [0.1, 0.15) is 0 Å². The van der Waals surface area contributed by atoms with Crippen LogP contribution in [0.3, 0.4) is 0 Å². The molecule has 0 spiro atoms. The molecule has 0 radical (unpaired) electrons. The van der Waals surface area contributed by atoms with Crippen molar-refractivity contribution in [1.29, 1.82) is 0 Å². The van der Waals surface area contributed by atoms with Crippen LogP contribution in [0.25, 0.3) is 0 Å². The lowest BCUT2D eigenvalue weighted by Crippen LogP contribution is -2.20. The van der Waals surface area contributed by atoms with Crippen LogP contribution < -0.4 is 4.90 Å². The molecule has 0 amide bonds. The first-order chi connectivity index (χ1) is 7.20. The number of halogens is 1. The van der Waals surface area contributed by atoms with E-state index in [4.69, 9.17) is 11.6 Å². The van der Waals surface area contributed by atoms with Gasteiger partial charge in [-0.15, -0.1) is 22.9 Å². The molecule has 0 saturated carbocycles. The Morgan fingerprint density at radius 2 is 2.47 bits per heavy atom. The average molecular weight is 245 g/mol. The first kappa shape index (κ1) is 11.2. The lowest BCUT2D eigenvalue weighted by molar-refractivity contribution is 0.423. The molecule has 0 N–H and O–H groups in total. The molecule has 1 atom stereocenters. The van der Waals surface area contributed by atoms with Crippen LogP contribution >= 0.6 is 22.9 Å². The zero-order chi connectivity index (χ0) is 10.8. The Labute approximate surface area is 100 Å².